The van der Waals surface area contributed by atoms with Gasteiger partial charge in [0.1, 0.15) is 5.75 Å². The van der Waals surface area contributed by atoms with Crippen molar-refractivity contribution in [1.82, 2.24) is 0 Å². The molecule has 1 aliphatic rings. The fourth-order valence-corrected chi connectivity index (χ4v) is 3.61. The first-order valence-corrected chi connectivity index (χ1v) is 10.4. The van der Waals surface area contributed by atoms with Gasteiger partial charge in [-0.3, -0.25) is 0 Å². The van der Waals surface area contributed by atoms with E-state index in [0.717, 1.165) is 23.1 Å². The molecule has 0 aliphatic heterocycles. The first-order chi connectivity index (χ1) is 12.8. The van der Waals surface area contributed by atoms with Gasteiger partial charge in [0, 0.05) is 0 Å². The Hall–Kier alpha value is -1.94. The standard InChI is InChI=1S/C25H34O/c1-3-5-8-11-22-14-16-23(17-15-22)12-9-6-7-10-13-24-18-20-25(21-19-24)26-4-2/h9-10,12-13,18-23H,3-5,8,11,14-17H2,1-2H3/t22-,23-. The molecular formula is C25H34O. The van der Waals surface area contributed by atoms with Crippen molar-refractivity contribution in [3.8, 4) is 17.6 Å². The summed E-state index contributed by atoms with van der Waals surface area (Å²) < 4.78 is 5.45. The summed E-state index contributed by atoms with van der Waals surface area (Å²) in [7, 11) is 0. The van der Waals surface area contributed by atoms with Crippen molar-refractivity contribution >= 4 is 6.08 Å². The van der Waals surface area contributed by atoms with E-state index < -0.39 is 0 Å². The molecule has 2 rings (SSSR count). The number of ether oxygens (including phenoxy) is 1. The van der Waals surface area contributed by atoms with Gasteiger partial charge in [-0.1, -0.05) is 62.7 Å². The zero-order valence-electron chi connectivity index (χ0n) is 16.5. The Balaban J connectivity index is 1.67. The third-order valence-corrected chi connectivity index (χ3v) is 5.19. The van der Waals surface area contributed by atoms with Crippen molar-refractivity contribution in [3.63, 3.8) is 0 Å². The first kappa shape index (κ1) is 20.4. The molecule has 1 nitrogen and oxygen atoms in total. The average molecular weight is 351 g/mol. The first-order valence-electron chi connectivity index (χ1n) is 10.4. The minimum absolute atomic E-state index is 0.702. The quantitative estimate of drug-likeness (QED) is 0.361. The van der Waals surface area contributed by atoms with Crippen LogP contribution in [-0.2, 0) is 0 Å². The molecule has 0 radical (unpaired) electrons. The fourth-order valence-electron chi connectivity index (χ4n) is 3.61. The van der Waals surface area contributed by atoms with Crippen molar-refractivity contribution in [2.75, 3.05) is 6.61 Å². The zero-order chi connectivity index (χ0) is 18.5. The maximum atomic E-state index is 5.45. The van der Waals surface area contributed by atoms with Gasteiger partial charge in [-0.05, 0) is 80.4 Å². The van der Waals surface area contributed by atoms with Crippen LogP contribution in [-0.4, -0.2) is 6.61 Å². The molecule has 0 spiro atoms. The number of allylic oxidation sites excluding steroid dienone is 3. The van der Waals surface area contributed by atoms with Crippen LogP contribution in [0.4, 0.5) is 0 Å². The van der Waals surface area contributed by atoms with Crippen LogP contribution in [0.15, 0.2) is 42.5 Å². The lowest BCUT2D eigenvalue weighted by Crippen LogP contribution is -2.12. The van der Waals surface area contributed by atoms with E-state index >= 15 is 0 Å². The van der Waals surface area contributed by atoms with E-state index in [1.54, 1.807) is 0 Å². The van der Waals surface area contributed by atoms with Gasteiger partial charge in [-0.25, -0.2) is 0 Å². The van der Waals surface area contributed by atoms with Crippen molar-refractivity contribution in [2.24, 2.45) is 11.8 Å². The van der Waals surface area contributed by atoms with Crippen LogP contribution in [0.5, 0.6) is 5.75 Å². The van der Waals surface area contributed by atoms with E-state index in [1.807, 2.05) is 37.3 Å². The number of hydrogen-bond donors (Lipinski definition) is 0. The van der Waals surface area contributed by atoms with Crippen molar-refractivity contribution in [1.29, 1.82) is 0 Å². The Bertz CT molecular complexity index is 604. The van der Waals surface area contributed by atoms with Gasteiger partial charge in [0.05, 0.1) is 6.61 Å². The molecule has 0 bridgehead atoms. The van der Waals surface area contributed by atoms with Gasteiger partial charge < -0.3 is 4.74 Å². The summed E-state index contributed by atoms with van der Waals surface area (Å²) >= 11 is 0. The monoisotopic (exact) mass is 350 g/mol. The second kappa shape index (κ2) is 12.4. The van der Waals surface area contributed by atoms with Gasteiger partial charge in [0.15, 0.2) is 0 Å². The second-order valence-corrected chi connectivity index (χ2v) is 7.26. The summed E-state index contributed by atoms with van der Waals surface area (Å²) in [5.74, 6) is 8.89. The molecule has 1 fully saturated rings. The van der Waals surface area contributed by atoms with Crippen LogP contribution in [0, 0.1) is 23.7 Å². The van der Waals surface area contributed by atoms with Crippen LogP contribution in [0.2, 0.25) is 0 Å². The molecule has 0 heterocycles. The SMILES string of the molecule is CCCCC[C@H]1CC[C@H](C=CC#CC=Cc2ccc(OCC)cc2)CC1. The van der Waals surface area contributed by atoms with Crippen LogP contribution in [0.1, 0.15) is 70.8 Å². The maximum Gasteiger partial charge on any atom is 0.119 e. The minimum atomic E-state index is 0.702. The number of rotatable bonds is 8. The highest BCUT2D eigenvalue weighted by Crippen LogP contribution is 2.32. The second-order valence-electron chi connectivity index (χ2n) is 7.26. The van der Waals surface area contributed by atoms with Gasteiger partial charge in [0.25, 0.3) is 0 Å². The molecule has 1 aromatic rings. The lowest BCUT2D eigenvalue weighted by molar-refractivity contribution is 0.289. The largest absolute Gasteiger partial charge is 0.494 e. The summed E-state index contributed by atoms with van der Waals surface area (Å²) in [6, 6.07) is 8.10. The Morgan fingerprint density at radius 1 is 0.962 bits per heavy atom. The molecule has 140 valence electrons. The van der Waals surface area contributed by atoms with Gasteiger partial charge >= 0.3 is 0 Å². The molecule has 0 amide bonds. The highest BCUT2D eigenvalue weighted by atomic mass is 16.5. The van der Waals surface area contributed by atoms with Crippen molar-refractivity contribution < 1.29 is 4.74 Å². The van der Waals surface area contributed by atoms with Crippen molar-refractivity contribution in [3.05, 3.63) is 48.1 Å². The van der Waals surface area contributed by atoms with E-state index in [1.165, 1.54) is 51.4 Å². The molecule has 26 heavy (non-hydrogen) atoms. The Morgan fingerprint density at radius 3 is 2.38 bits per heavy atom. The molecular weight excluding hydrogens is 316 g/mol. The van der Waals surface area contributed by atoms with Crippen LogP contribution in [0.3, 0.4) is 0 Å². The van der Waals surface area contributed by atoms with Gasteiger partial charge in [-0.15, -0.1) is 0 Å². The third-order valence-electron chi connectivity index (χ3n) is 5.19. The normalized spacial score (nSPS) is 20.2. The van der Waals surface area contributed by atoms with Crippen molar-refractivity contribution in [2.45, 2.75) is 65.2 Å². The highest BCUT2D eigenvalue weighted by Gasteiger charge is 2.18. The van der Waals surface area contributed by atoms with Gasteiger partial charge in [0.2, 0.25) is 0 Å². The molecule has 1 aliphatic carbocycles. The van der Waals surface area contributed by atoms with Gasteiger partial charge in [-0.2, -0.15) is 0 Å². The number of unbranched alkanes of at least 4 members (excludes halogenated alkanes) is 2. The average Bonchev–Trinajstić information content (AvgIpc) is 2.67. The molecule has 0 atom stereocenters. The molecule has 0 unspecified atom stereocenters. The summed E-state index contributed by atoms with van der Waals surface area (Å²) in [5, 5.41) is 0. The third kappa shape index (κ3) is 7.96. The van der Waals surface area contributed by atoms with E-state index in [4.69, 9.17) is 4.74 Å². The summed E-state index contributed by atoms with van der Waals surface area (Å²) in [5.41, 5.74) is 1.15. The lowest BCUT2D eigenvalue weighted by Gasteiger charge is -2.26. The number of hydrogen-bond acceptors (Lipinski definition) is 1. The molecule has 0 N–H and O–H groups in total. The number of benzene rings is 1. The van der Waals surface area contributed by atoms with Crippen LogP contribution >= 0.6 is 0 Å². The lowest BCUT2D eigenvalue weighted by atomic mass is 9.79. The molecule has 0 saturated heterocycles. The van der Waals surface area contributed by atoms with Crippen LogP contribution in [0.25, 0.3) is 6.08 Å². The van der Waals surface area contributed by atoms with Crippen LogP contribution < -0.4 is 4.74 Å². The topological polar surface area (TPSA) is 9.23 Å². The Labute approximate surface area is 160 Å². The molecule has 1 heteroatoms. The maximum absolute atomic E-state index is 5.45. The smallest absolute Gasteiger partial charge is 0.119 e. The van der Waals surface area contributed by atoms with E-state index in [0.29, 0.717) is 6.61 Å². The van der Waals surface area contributed by atoms with E-state index in [2.05, 4.69) is 37.0 Å². The Morgan fingerprint density at radius 2 is 1.69 bits per heavy atom. The molecule has 1 saturated carbocycles. The predicted octanol–water partition coefficient (Wildman–Crippen LogP) is 7.04. The minimum Gasteiger partial charge on any atom is -0.494 e. The highest BCUT2D eigenvalue weighted by molar-refractivity contribution is 5.54. The zero-order valence-corrected chi connectivity index (χ0v) is 16.5. The van der Waals surface area contributed by atoms with E-state index in [9.17, 15) is 0 Å². The Kier molecular flexibility index (Phi) is 9.73. The molecule has 1 aromatic carbocycles. The predicted molar refractivity (Wildman–Crippen MR) is 113 cm³/mol. The fraction of sp³-hybridized carbons (Fsp3) is 0.520. The summed E-state index contributed by atoms with van der Waals surface area (Å²) in [6.45, 7) is 4.99. The summed E-state index contributed by atoms with van der Waals surface area (Å²) in [4.78, 5) is 0. The van der Waals surface area contributed by atoms with E-state index in [-0.39, 0.29) is 0 Å². The molecule has 0 aromatic heterocycles. The summed E-state index contributed by atoms with van der Waals surface area (Å²) in [6.07, 6.45) is 19.4.